The molecule has 0 aromatic heterocycles. The molecule has 1 saturated heterocycles. The van der Waals surface area contributed by atoms with Crippen LogP contribution in [0.15, 0.2) is 0 Å². The van der Waals surface area contributed by atoms with Crippen molar-refractivity contribution in [2.75, 3.05) is 19.8 Å². The third kappa shape index (κ3) is 2.17. The molecule has 1 aliphatic carbocycles. The smallest absolute Gasteiger partial charge is 0.225 e. The van der Waals surface area contributed by atoms with E-state index in [-0.39, 0.29) is 11.3 Å². The van der Waals surface area contributed by atoms with Crippen LogP contribution in [0.4, 0.5) is 0 Å². The average Bonchev–Trinajstić information content (AvgIpc) is 2.54. The van der Waals surface area contributed by atoms with Crippen molar-refractivity contribution < 1.29 is 9.53 Å². The Kier molecular flexibility index (Phi) is 2.53. The van der Waals surface area contributed by atoms with Gasteiger partial charge in [0.05, 0.1) is 6.61 Å². The molecule has 15 heavy (non-hydrogen) atoms. The van der Waals surface area contributed by atoms with E-state index in [4.69, 9.17) is 4.74 Å². The van der Waals surface area contributed by atoms with Gasteiger partial charge in [-0.15, -0.1) is 0 Å². The van der Waals surface area contributed by atoms with Crippen LogP contribution in [0.5, 0.6) is 0 Å². The third-order valence-electron chi connectivity index (χ3n) is 3.68. The molecular weight excluding hydrogens is 190 g/mol. The molecule has 2 atom stereocenters. The van der Waals surface area contributed by atoms with E-state index in [0.29, 0.717) is 11.3 Å². The van der Waals surface area contributed by atoms with Gasteiger partial charge in [0, 0.05) is 24.0 Å². The zero-order valence-electron chi connectivity index (χ0n) is 9.93. The van der Waals surface area contributed by atoms with Crippen molar-refractivity contribution in [3.8, 4) is 0 Å². The van der Waals surface area contributed by atoms with Crippen molar-refractivity contribution in [3.63, 3.8) is 0 Å². The Labute approximate surface area is 91.6 Å². The van der Waals surface area contributed by atoms with Crippen LogP contribution in [-0.2, 0) is 9.53 Å². The second-order valence-corrected chi connectivity index (χ2v) is 6.03. The van der Waals surface area contributed by atoms with E-state index in [1.54, 1.807) is 0 Å². The van der Waals surface area contributed by atoms with Crippen molar-refractivity contribution in [1.82, 2.24) is 5.32 Å². The maximum absolute atomic E-state index is 11.7. The molecule has 1 heterocycles. The molecule has 0 bridgehead atoms. The standard InChI is InChI=1S/C12H21NO2/c1-11(2,3)10(14)13-7-9-6-12(9)4-5-15-8-12/h9H,4-8H2,1-3H3,(H,13,14). The van der Waals surface area contributed by atoms with Gasteiger partial charge < -0.3 is 10.1 Å². The van der Waals surface area contributed by atoms with Crippen LogP contribution in [0.3, 0.4) is 0 Å². The van der Waals surface area contributed by atoms with Gasteiger partial charge in [0.1, 0.15) is 0 Å². The van der Waals surface area contributed by atoms with Gasteiger partial charge >= 0.3 is 0 Å². The number of amides is 1. The normalized spacial score (nSPS) is 34.5. The Morgan fingerprint density at radius 3 is 2.80 bits per heavy atom. The summed E-state index contributed by atoms with van der Waals surface area (Å²) in [6, 6.07) is 0. The van der Waals surface area contributed by atoms with Gasteiger partial charge in [-0.05, 0) is 18.8 Å². The average molecular weight is 211 g/mol. The van der Waals surface area contributed by atoms with Crippen LogP contribution in [0, 0.1) is 16.7 Å². The first kappa shape index (κ1) is 10.9. The largest absolute Gasteiger partial charge is 0.381 e. The molecule has 2 unspecified atom stereocenters. The van der Waals surface area contributed by atoms with E-state index >= 15 is 0 Å². The molecule has 1 N–H and O–H groups in total. The zero-order chi connectivity index (χ0) is 11.1. The van der Waals surface area contributed by atoms with Gasteiger partial charge in [0.15, 0.2) is 0 Å². The first-order chi connectivity index (χ1) is 6.94. The van der Waals surface area contributed by atoms with Crippen LogP contribution in [0.2, 0.25) is 0 Å². The Bertz CT molecular complexity index is 261. The first-order valence-corrected chi connectivity index (χ1v) is 5.80. The highest BCUT2D eigenvalue weighted by molar-refractivity contribution is 5.81. The second-order valence-electron chi connectivity index (χ2n) is 6.03. The lowest BCUT2D eigenvalue weighted by Crippen LogP contribution is -2.36. The van der Waals surface area contributed by atoms with Crippen LogP contribution in [0.1, 0.15) is 33.6 Å². The Balaban J connectivity index is 1.74. The molecule has 0 radical (unpaired) electrons. The maximum Gasteiger partial charge on any atom is 0.225 e. The van der Waals surface area contributed by atoms with E-state index in [2.05, 4.69) is 5.32 Å². The van der Waals surface area contributed by atoms with E-state index in [1.165, 1.54) is 12.8 Å². The van der Waals surface area contributed by atoms with Crippen molar-refractivity contribution in [3.05, 3.63) is 0 Å². The Hall–Kier alpha value is -0.570. The fourth-order valence-corrected chi connectivity index (χ4v) is 2.31. The van der Waals surface area contributed by atoms with Crippen LogP contribution in [0.25, 0.3) is 0 Å². The van der Waals surface area contributed by atoms with Gasteiger partial charge in [-0.1, -0.05) is 20.8 Å². The molecular formula is C12H21NO2. The van der Waals surface area contributed by atoms with Gasteiger partial charge in [-0.3, -0.25) is 4.79 Å². The quantitative estimate of drug-likeness (QED) is 0.753. The number of carbonyl (C=O) groups is 1. The molecule has 3 heteroatoms. The van der Waals surface area contributed by atoms with Crippen molar-refractivity contribution in [2.45, 2.75) is 33.6 Å². The molecule has 3 nitrogen and oxygen atoms in total. The molecule has 1 aliphatic heterocycles. The minimum atomic E-state index is -0.270. The van der Waals surface area contributed by atoms with E-state index in [9.17, 15) is 4.79 Å². The predicted octanol–water partition coefficient (Wildman–Crippen LogP) is 1.58. The molecule has 2 aliphatic rings. The minimum Gasteiger partial charge on any atom is -0.381 e. The molecule has 1 saturated carbocycles. The third-order valence-corrected chi connectivity index (χ3v) is 3.68. The zero-order valence-corrected chi connectivity index (χ0v) is 9.93. The van der Waals surface area contributed by atoms with Crippen LogP contribution < -0.4 is 5.32 Å². The second kappa shape index (κ2) is 3.48. The van der Waals surface area contributed by atoms with E-state index in [0.717, 1.165) is 19.8 Å². The van der Waals surface area contributed by atoms with Crippen molar-refractivity contribution >= 4 is 5.91 Å². The summed E-state index contributed by atoms with van der Waals surface area (Å²) < 4.78 is 5.41. The number of hydrogen-bond donors (Lipinski definition) is 1. The van der Waals surface area contributed by atoms with Gasteiger partial charge in [0.2, 0.25) is 5.91 Å². The monoisotopic (exact) mass is 211 g/mol. The highest BCUT2D eigenvalue weighted by Crippen LogP contribution is 2.57. The molecule has 1 spiro atoms. The number of hydrogen-bond acceptors (Lipinski definition) is 2. The van der Waals surface area contributed by atoms with Crippen molar-refractivity contribution in [1.29, 1.82) is 0 Å². The molecule has 0 aromatic rings. The lowest BCUT2D eigenvalue weighted by Gasteiger charge is -2.18. The van der Waals surface area contributed by atoms with Crippen LogP contribution >= 0.6 is 0 Å². The van der Waals surface area contributed by atoms with Gasteiger partial charge in [-0.2, -0.15) is 0 Å². The Morgan fingerprint density at radius 2 is 2.27 bits per heavy atom. The summed E-state index contributed by atoms with van der Waals surface area (Å²) in [5.41, 5.74) is 0.166. The Morgan fingerprint density at radius 1 is 1.53 bits per heavy atom. The molecule has 2 rings (SSSR count). The molecule has 0 aromatic carbocycles. The van der Waals surface area contributed by atoms with Crippen molar-refractivity contribution in [2.24, 2.45) is 16.7 Å². The summed E-state index contributed by atoms with van der Waals surface area (Å²) in [6.07, 6.45) is 2.42. The summed E-state index contributed by atoms with van der Waals surface area (Å²) in [5, 5.41) is 3.04. The number of ether oxygens (including phenoxy) is 1. The lowest BCUT2D eigenvalue weighted by molar-refractivity contribution is -0.128. The fraction of sp³-hybridized carbons (Fsp3) is 0.917. The summed E-state index contributed by atoms with van der Waals surface area (Å²) >= 11 is 0. The maximum atomic E-state index is 11.7. The first-order valence-electron chi connectivity index (χ1n) is 5.80. The predicted molar refractivity (Wildman–Crippen MR) is 58.4 cm³/mol. The minimum absolute atomic E-state index is 0.156. The summed E-state index contributed by atoms with van der Waals surface area (Å²) in [5.74, 6) is 0.815. The van der Waals surface area contributed by atoms with E-state index < -0.39 is 0 Å². The van der Waals surface area contributed by atoms with Crippen LogP contribution in [-0.4, -0.2) is 25.7 Å². The topological polar surface area (TPSA) is 38.3 Å². The summed E-state index contributed by atoms with van der Waals surface area (Å²) in [7, 11) is 0. The summed E-state index contributed by atoms with van der Waals surface area (Å²) in [4.78, 5) is 11.7. The SMILES string of the molecule is CC(C)(C)C(=O)NCC1CC12CCOC2. The number of nitrogens with one attached hydrogen (secondary N) is 1. The molecule has 1 amide bonds. The highest BCUT2D eigenvalue weighted by atomic mass is 16.5. The van der Waals surface area contributed by atoms with Gasteiger partial charge in [-0.25, -0.2) is 0 Å². The molecule has 86 valence electrons. The number of rotatable bonds is 2. The summed E-state index contributed by atoms with van der Waals surface area (Å²) in [6.45, 7) is 8.49. The fourth-order valence-electron chi connectivity index (χ4n) is 2.31. The van der Waals surface area contributed by atoms with E-state index in [1.807, 2.05) is 20.8 Å². The van der Waals surface area contributed by atoms with Gasteiger partial charge in [0.25, 0.3) is 0 Å². The molecule has 2 fully saturated rings. The highest BCUT2D eigenvalue weighted by Gasteiger charge is 2.55. The lowest BCUT2D eigenvalue weighted by atomic mass is 9.95. The number of carbonyl (C=O) groups excluding carboxylic acids is 1.